The minimum atomic E-state index is -2.12. The molecule has 11 nitrogen and oxygen atoms in total. The summed E-state index contributed by atoms with van der Waals surface area (Å²) in [5.41, 5.74) is 0. The fourth-order valence-electron chi connectivity index (χ4n) is 3.06. The van der Waals surface area contributed by atoms with Gasteiger partial charge in [0.25, 0.3) is 11.8 Å². The van der Waals surface area contributed by atoms with Gasteiger partial charge >= 0.3 is 11.9 Å². The molecular formula is C19H20N2O9S. The number of ether oxygens (including phenoxy) is 2. The van der Waals surface area contributed by atoms with Gasteiger partial charge in [0.05, 0.1) is 18.1 Å². The van der Waals surface area contributed by atoms with Crippen molar-refractivity contribution in [3.05, 3.63) is 30.3 Å². The monoisotopic (exact) mass is 452 g/mol. The number of carbonyl (C=O) groups excluding carboxylic acids is 4. The third-order valence-corrected chi connectivity index (χ3v) is 6.00. The van der Waals surface area contributed by atoms with Crippen LogP contribution in [0.5, 0.6) is 5.75 Å². The molecule has 1 aromatic carbocycles. The number of cyclic esters (lactones) is 1. The number of likely N-dealkylation sites (tertiary alicyclic amines) is 1. The summed E-state index contributed by atoms with van der Waals surface area (Å²) in [4.78, 5) is 59.8. The summed E-state index contributed by atoms with van der Waals surface area (Å²) in [5.74, 6) is -4.17. The number of β-lactam (4-membered cyclic amide) rings is 1. The van der Waals surface area contributed by atoms with E-state index < -0.39 is 47.3 Å². The Balaban J connectivity index is 1.59. The van der Waals surface area contributed by atoms with Crippen molar-refractivity contribution in [3.63, 3.8) is 0 Å². The minimum Gasteiger partial charge on any atom is -0.484 e. The maximum Gasteiger partial charge on any atom is 0.354 e. The van der Waals surface area contributed by atoms with E-state index in [1.54, 1.807) is 30.3 Å². The summed E-state index contributed by atoms with van der Waals surface area (Å²) >= 11 is 0.891. The second-order valence-corrected chi connectivity index (χ2v) is 7.96. The fourth-order valence-corrected chi connectivity index (χ4v) is 4.39. The maximum atomic E-state index is 12.4. The standard InChI is InChI=1S/C19H20N2O9S/c22-12(10-6-14(24)30-7-10)9-31-18-15(16(25)21(18)17(26)19(27)28)20-13(23)8-29-11-4-2-1-3-5-11/h1-5,10,15,17-18,26H,6-9H2,(H,20,23)(H,27,28)/t10-,15-,17+,18-/m1/s1. The van der Waals surface area contributed by atoms with Crippen LogP contribution >= 0.6 is 11.8 Å². The number of rotatable bonds is 10. The molecule has 0 unspecified atom stereocenters. The number of hydrogen-bond donors (Lipinski definition) is 3. The van der Waals surface area contributed by atoms with Crippen LogP contribution in [0.4, 0.5) is 0 Å². The van der Waals surface area contributed by atoms with E-state index in [0.717, 1.165) is 11.8 Å². The summed E-state index contributed by atoms with van der Waals surface area (Å²) in [6.45, 7) is -0.409. The number of carboxylic acids is 1. The second kappa shape index (κ2) is 9.79. The number of amides is 2. The van der Waals surface area contributed by atoms with E-state index in [0.29, 0.717) is 10.6 Å². The lowest BCUT2D eigenvalue weighted by atomic mass is 10.1. The molecule has 2 fully saturated rings. The number of para-hydroxylation sites is 1. The molecule has 0 aliphatic carbocycles. The molecule has 2 saturated heterocycles. The molecule has 0 radical (unpaired) electrons. The van der Waals surface area contributed by atoms with Crippen molar-refractivity contribution >= 4 is 41.3 Å². The molecule has 2 aliphatic heterocycles. The number of Topliss-reactive ketones (excluding diaryl/α,β-unsaturated/α-hetero) is 1. The molecule has 0 bridgehead atoms. The summed E-state index contributed by atoms with van der Waals surface area (Å²) < 4.78 is 10.1. The molecule has 0 spiro atoms. The van der Waals surface area contributed by atoms with Crippen LogP contribution in [-0.2, 0) is 28.7 Å². The van der Waals surface area contributed by atoms with Crippen LogP contribution in [0.2, 0.25) is 0 Å². The van der Waals surface area contributed by atoms with Gasteiger partial charge in [-0.2, -0.15) is 0 Å². The minimum absolute atomic E-state index is 0.0275. The second-order valence-electron chi connectivity index (χ2n) is 6.86. The van der Waals surface area contributed by atoms with Crippen molar-refractivity contribution < 1.29 is 43.7 Å². The first-order chi connectivity index (χ1) is 14.8. The van der Waals surface area contributed by atoms with E-state index in [1.165, 1.54) is 0 Å². The highest BCUT2D eigenvalue weighted by atomic mass is 32.2. The molecule has 166 valence electrons. The Kier molecular flexibility index (Phi) is 7.13. The largest absolute Gasteiger partial charge is 0.484 e. The van der Waals surface area contributed by atoms with Crippen molar-refractivity contribution in [2.75, 3.05) is 19.0 Å². The van der Waals surface area contributed by atoms with Gasteiger partial charge in [-0.05, 0) is 12.1 Å². The van der Waals surface area contributed by atoms with Gasteiger partial charge < -0.3 is 25.0 Å². The van der Waals surface area contributed by atoms with E-state index in [-0.39, 0.29) is 31.2 Å². The number of esters is 1. The van der Waals surface area contributed by atoms with Crippen molar-refractivity contribution in [3.8, 4) is 5.75 Å². The SMILES string of the molecule is O=C(COc1ccccc1)N[C@@H]1C(=O)N([C@@H](O)C(=O)O)[C@@H]1SCC(=O)[C@H]1COC(=O)C1. The lowest BCUT2D eigenvalue weighted by molar-refractivity contribution is -0.178. The van der Waals surface area contributed by atoms with Gasteiger partial charge in [0, 0.05) is 0 Å². The van der Waals surface area contributed by atoms with Crippen LogP contribution in [-0.4, -0.2) is 81.3 Å². The quantitative estimate of drug-likeness (QED) is 0.296. The Labute approximate surface area is 180 Å². The number of hydrogen-bond acceptors (Lipinski definition) is 9. The van der Waals surface area contributed by atoms with Crippen molar-refractivity contribution in [1.29, 1.82) is 0 Å². The molecule has 3 N–H and O–H groups in total. The zero-order valence-corrected chi connectivity index (χ0v) is 16.9. The van der Waals surface area contributed by atoms with Crippen LogP contribution in [0.1, 0.15) is 6.42 Å². The highest BCUT2D eigenvalue weighted by Crippen LogP contribution is 2.33. The predicted molar refractivity (Wildman–Crippen MR) is 105 cm³/mol. The van der Waals surface area contributed by atoms with E-state index in [2.05, 4.69) is 5.32 Å². The Morgan fingerprint density at radius 2 is 1.97 bits per heavy atom. The van der Waals surface area contributed by atoms with E-state index in [4.69, 9.17) is 14.6 Å². The van der Waals surface area contributed by atoms with E-state index >= 15 is 0 Å². The van der Waals surface area contributed by atoms with Gasteiger partial charge in [-0.25, -0.2) is 4.79 Å². The van der Waals surface area contributed by atoms with Crippen LogP contribution in [0.3, 0.4) is 0 Å². The number of nitrogens with zero attached hydrogens (tertiary/aromatic N) is 1. The van der Waals surface area contributed by atoms with Crippen LogP contribution < -0.4 is 10.1 Å². The first-order valence-electron chi connectivity index (χ1n) is 9.28. The molecule has 4 atom stereocenters. The molecular weight excluding hydrogens is 432 g/mol. The molecule has 31 heavy (non-hydrogen) atoms. The van der Waals surface area contributed by atoms with Gasteiger partial charge in [0.1, 0.15) is 29.6 Å². The molecule has 2 amide bonds. The summed E-state index contributed by atoms with van der Waals surface area (Å²) in [5, 5.41) is 20.3. The van der Waals surface area contributed by atoms with Crippen molar-refractivity contribution in [1.82, 2.24) is 10.2 Å². The Bertz CT molecular complexity index is 878. The molecule has 0 aromatic heterocycles. The van der Waals surface area contributed by atoms with Gasteiger partial charge in [0.2, 0.25) is 6.23 Å². The topological polar surface area (TPSA) is 160 Å². The fraction of sp³-hybridized carbons (Fsp3) is 0.421. The number of ketones is 1. The third-order valence-electron chi connectivity index (χ3n) is 4.70. The first kappa shape index (κ1) is 22.6. The van der Waals surface area contributed by atoms with Gasteiger partial charge in [-0.1, -0.05) is 18.2 Å². The Morgan fingerprint density at radius 1 is 1.26 bits per heavy atom. The predicted octanol–water partition coefficient (Wildman–Crippen LogP) is -1.01. The maximum absolute atomic E-state index is 12.4. The third kappa shape index (κ3) is 5.33. The van der Waals surface area contributed by atoms with Gasteiger partial charge in [-0.3, -0.25) is 24.1 Å². The van der Waals surface area contributed by atoms with Gasteiger partial charge in [0.15, 0.2) is 6.61 Å². The van der Waals surface area contributed by atoms with Gasteiger partial charge in [-0.15, -0.1) is 11.8 Å². The van der Waals surface area contributed by atoms with E-state index in [1.807, 2.05) is 0 Å². The molecule has 2 aliphatic rings. The summed E-state index contributed by atoms with van der Waals surface area (Å²) in [7, 11) is 0. The zero-order valence-electron chi connectivity index (χ0n) is 16.1. The Hall–Kier alpha value is -3.12. The number of carbonyl (C=O) groups is 5. The van der Waals surface area contributed by atoms with Crippen LogP contribution in [0.25, 0.3) is 0 Å². The number of benzene rings is 1. The lowest BCUT2D eigenvalue weighted by Gasteiger charge is -2.47. The van der Waals surface area contributed by atoms with Crippen LogP contribution in [0, 0.1) is 5.92 Å². The average molecular weight is 452 g/mol. The summed E-state index contributed by atoms with van der Waals surface area (Å²) in [6.07, 6.45) is -2.16. The molecule has 2 heterocycles. The Morgan fingerprint density at radius 3 is 2.58 bits per heavy atom. The first-order valence-corrected chi connectivity index (χ1v) is 10.3. The molecule has 3 rings (SSSR count). The smallest absolute Gasteiger partial charge is 0.354 e. The normalized spacial score (nSPS) is 23.5. The van der Waals surface area contributed by atoms with E-state index in [9.17, 15) is 29.1 Å². The number of aliphatic carboxylic acids is 1. The number of aliphatic hydroxyl groups is 1. The summed E-state index contributed by atoms with van der Waals surface area (Å²) in [6, 6.07) is 7.38. The molecule has 12 heteroatoms. The average Bonchev–Trinajstić information content (AvgIpc) is 3.19. The number of nitrogens with one attached hydrogen (secondary N) is 1. The van der Waals surface area contributed by atoms with Crippen molar-refractivity contribution in [2.45, 2.75) is 24.1 Å². The number of carboxylic acid groups (broad SMARTS) is 1. The van der Waals surface area contributed by atoms with Crippen molar-refractivity contribution in [2.24, 2.45) is 5.92 Å². The lowest BCUT2D eigenvalue weighted by Crippen LogP contribution is -2.73. The molecule has 1 aromatic rings. The van der Waals surface area contributed by atoms with Crippen LogP contribution in [0.15, 0.2) is 30.3 Å². The molecule has 0 saturated carbocycles. The highest BCUT2D eigenvalue weighted by Gasteiger charge is 2.53. The zero-order chi connectivity index (χ0) is 22.5. The number of thioether (sulfide) groups is 1. The number of aliphatic hydroxyl groups excluding tert-OH is 1. The highest BCUT2D eigenvalue weighted by molar-refractivity contribution is 8.00.